The Kier molecular flexibility index (Phi) is 6.23. The van der Waals surface area contributed by atoms with Crippen molar-refractivity contribution >= 4 is 39.3 Å². The number of anilines is 1. The van der Waals surface area contributed by atoms with E-state index in [4.69, 9.17) is 11.6 Å². The number of nitrogens with one attached hydrogen (secondary N) is 2. The van der Waals surface area contributed by atoms with Crippen molar-refractivity contribution in [3.63, 3.8) is 0 Å². The molecule has 2 N–H and O–H groups in total. The summed E-state index contributed by atoms with van der Waals surface area (Å²) in [7, 11) is -3.67. The first-order valence-electron chi connectivity index (χ1n) is 7.94. The van der Waals surface area contributed by atoms with Crippen LogP contribution in [-0.2, 0) is 14.8 Å². The molecule has 0 aliphatic rings. The quantitative estimate of drug-likeness (QED) is 0.753. The van der Waals surface area contributed by atoms with Crippen molar-refractivity contribution in [1.82, 2.24) is 4.72 Å². The number of carbonyl (C=O) groups excluding carboxylic acids is 1. The van der Waals surface area contributed by atoms with Gasteiger partial charge in [-0.2, -0.15) is 0 Å². The van der Waals surface area contributed by atoms with Crippen LogP contribution in [0.4, 0.5) is 5.69 Å². The van der Waals surface area contributed by atoms with Gasteiger partial charge in [0.1, 0.15) is 0 Å². The van der Waals surface area contributed by atoms with E-state index in [0.29, 0.717) is 10.7 Å². The summed E-state index contributed by atoms with van der Waals surface area (Å²) in [6.07, 6.45) is 2.94. The van der Waals surface area contributed by atoms with Gasteiger partial charge in [-0.05, 0) is 56.7 Å². The van der Waals surface area contributed by atoms with Crippen LogP contribution in [0.1, 0.15) is 26.3 Å². The van der Waals surface area contributed by atoms with Crippen LogP contribution in [0.25, 0.3) is 6.08 Å². The fourth-order valence-electron chi connectivity index (χ4n) is 2.16. The van der Waals surface area contributed by atoms with Crippen LogP contribution in [0.5, 0.6) is 0 Å². The number of hydrogen-bond donors (Lipinski definition) is 2. The smallest absolute Gasteiger partial charge is 0.248 e. The molecule has 0 saturated carbocycles. The van der Waals surface area contributed by atoms with E-state index in [-0.39, 0.29) is 10.8 Å². The number of sulfonamides is 1. The fourth-order valence-corrected chi connectivity index (χ4v) is 3.83. The molecule has 0 saturated heterocycles. The van der Waals surface area contributed by atoms with Crippen LogP contribution in [-0.4, -0.2) is 19.9 Å². The summed E-state index contributed by atoms with van der Waals surface area (Å²) in [6.45, 7) is 5.28. The lowest BCUT2D eigenvalue weighted by Crippen LogP contribution is -2.40. The van der Waals surface area contributed by atoms with Gasteiger partial charge >= 0.3 is 0 Å². The first kappa shape index (κ1) is 20.2. The fraction of sp³-hybridized carbons (Fsp3) is 0.211. The van der Waals surface area contributed by atoms with Gasteiger partial charge < -0.3 is 5.32 Å². The minimum atomic E-state index is -3.67. The van der Waals surface area contributed by atoms with E-state index in [0.717, 1.165) is 5.56 Å². The Bertz CT molecular complexity index is 932. The van der Waals surface area contributed by atoms with Crippen LogP contribution in [0.15, 0.2) is 59.5 Å². The zero-order valence-electron chi connectivity index (χ0n) is 14.8. The number of rotatable bonds is 5. The number of hydrogen-bond acceptors (Lipinski definition) is 3. The molecule has 0 aromatic heterocycles. The molecule has 1 amide bonds. The lowest BCUT2D eigenvalue weighted by atomic mass is 10.1. The monoisotopic (exact) mass is 392 g/mol. The second-order valence-corrected chi connectivity index (χ2v) is 8.82. The standard InChI is InChI=1S/C19H21ClN2O3S/c1-19(2,3)22-26(24,25)16-9-6-8-15(13-16)21-18(23)12-11-14-7-4-5-10-17(14)20/h4-13,22H,1-3H3,(H,21,23)/b12-11+. The van der Waals surface area contributed by atoms with Gasteiger partial charge in [0.05, 0.1) is 4.90 Å². The van der Waals surface area contributed by atoms with Crippen LogP contribution in [0, 0.1) is 0 Å². The van der Waals surface area contributed by atoms with Crippen LogP contribution in [0.2, 0.25) is 5.02 Å². The molecule has 0 bridgehead atoms. The van der Waals surface area contributed by atoms with Crippen molar-refractivity contribution in [1.29, 1.82) is 0 Å². The summed E-state index contributed by atoms with van der Waals surface area (Å²) in [6, 6.07) is 13.2. The summed E-state index contributed by atoms with van der Waals surface area (Å²) < 4.78 is 27.3. The van der Waals surface area contributed by atoms with Gasteiger partial charge in [-0.25, -0.2) is 13.1 Å². The molecule has 0 radical (unpaired) electrons. The third-order valence-corrected chi connectivity index (χ3v) is 5.27. The molecule has 2 aromatic carbocycles. The van der Waals surface area contributed by atoms with Crippen molar-refractivity contribution in [2.45, 2.75) is 31.2 Å². The molecule has 0 aliphatic heterocycles. The van der Waals surface area contributed by atoms with Gasteiger partial charge in [-0.15, -0.1) is 0 Å². The van der Waals surface area contributed by atoms with Crippen molar-refractivity contribution in [2.75, 3.05) is 5.32 Å². The molecule has 2 rings (SSSR count). The minimum Gasteiger partial charge on any atom is -0.322 e. The van der Waals surface area contributed by atoms with E-state index in [9.17, 15) is 13.2 Å². The number of halogens is 1. The molecular weight excluding hydrogens is 372 g/mol. The lowest BCUT2D eigenvalue weighted by molar-refractivity contribution is -0.111. The SMILES string of the molecule is CC(C)(C)NS(=O)(=O)c1cccc(NC(=O)/C=C/c2ccccc2Cl)c1. The maximum Gasteiger partial charge on any atom is 0.248 e. The number of amides is 1. The number of carbonyl (C=O) groups is 1. The molecular formula is C19H21ClN2O3S. The lowest BCUT2D eigenvalue weighted by Gasteiger charge is -2.20. The van der Waals surface area contributed by atoms with E-state index >= 15 is 0 Å². The maximum absolute atomic E-state index is 12.4. The van der Waals surface area contributed by atoms with Crippen molar-refractivity contribution < 1.29 is 13.2 Å². The van der Waals surface area contributed by atoms with E-state index in [2.05, 4.69) is 10.0 Å². The zero-order valence-corrected chi connectivity index (χ0v) is 16.4. The minimum absolute atomic E-state index is 0.0836. The molecule has 0 aliphatic carbocycles. The Hall–Kier alpha value is -2.15. The molecule has 0 fully saturated rings. The molecule has 0 spiro atoms. The van der Waals surface area contributed by atoms with Crippen LogP contribution < -0.4 is 10.0 Å². The molecule has 2 aromatic rings. The average Bonchev–Trinajstić information content (AvgIpc) is 2.52. The van der Waals surface area contributed by atoms with Gasteiger partial charge in [0.2, 0.25) is 15.9 Å². The molecule has 0 heterocycles. The second kappa shape index (κ2) is 8.03. The van der Waals surface area contributed by atoms with E-state index in [1.165, 1.54) is 18.2 Å². The highest BCUT2D eigenvalue weighted by Gasteiger charge is 2.22. The molecule has 0 unspecified atom stereocenters. The molecule has 26 heavy (non-hydrogen) atoms. The summed E-state index contributed by atoms with van der Waals surface area (Å²) in [5.41, 5.74) is 0.501. The van der Waals surface area contributed by atoms with Crippen LogP contribution in [0.3, 0.4) is 0 Å². The normalized spacial score (nSPS) is 12.3. The Morgan fingerprint density at radius 2 is 1.77 bits per heavy atom. The topological polar surface area (TPSA) is 75.3 Å². The Balaban J connectivity index is 2.13. The summed E-state index contributed by atoms with van der Waals surface area (Å²) in [5.74, 6) is -0.386. The third kappa shape index (κ3) is 5.98. The van der Waals surface area contributed by atoms with Gasteiger partial charge in [-0.1, -0.05) is 35.9 Å². The highest BCUT2D eigenvalue weighted by atomic mass is 35.5. The predicted octanol–water partition coefficient (Wildman–Crippen LogP) is 4.07. The summed E-state index contributed by atoms with van der Waals surface area (Å²) >= 11 is 6.03. The van der Waals surface area contributed by atoms with Crippen molar-refractivity contribution in [3.05, 3.63) is 65.2 Å². The van der Waals surface area contributed by atoms with Crippen molar-refractivity contribution in [2.24, 2.45) is 0 Å². The van der Waals surface area contributed by atoms with Crippen molar-refractivity contribution in [3.8, 4) is 0 Å². The summed E-state index contributed by atoms with van der Waals surface area (Å²) in [4.78, 5) is 12.2. The molecule has 7 heteroatoms. The Morgan fingerprint density at radius 3 is 2.42 bits per heavy atom. The van der Waals surface area contributed by atoms with E-state index in [1.54, 1.807) is 57.2 Å². The average molecular weight is 393 g/mol. The van der Waals surface area contributed by atoms with Gasteiger partial charge in [0, 0.05) is 22.3 Å². The largest absolute Gasteiger partial charge is 0.322 e. The van der Waals surface area contributed by atoms with Gasteiger partial charge in [-0.3, -0.25) is 4.79 Å². The summed E-state index contributed by atoms with van der Waals surface area (Å²) in [5, 5.41) is 3.19. The maximum atomic E-state index is 12.4. The second-order valence-electron chi connectivity index (χ2n) is 6.73. The van der Waals surface area contributed by atoms with E-state index in [1.807, 2.05) is 6.07 Å². The molecule has 0 atom stereocenters. The van der Waals surface area contributed by atoms with Crippen LogP contribution >= 0.6 is 11.6 Å². The first-order valence-corrected chi connectivity index (χ1v) is 9.81. The third-order valence-electron chi connectivity index (χ3n) is 3.17. The Labute approximate surface area is 159 Å². The highest BCUT2D eigenvalue weighted by molar-refractivity contribution is 7.89. The highest BCUT2D eigenvalue weighted by Crippen LogP contribution is 2.18. The van der Waals surface area contributed by atoms with E-state index < -0.39 is 15.6 Å². The number of benzene rings is 2. The first-order chi connectivity index (χ1) is 12.1. The van der Waals surface area contributed by atoms with Gasteiger partial charge in [0.15, 0.2) is 0 Å². The predicted molar refractivity (Wildman–Crippen MR) is 106 cm³/mol. The molecule has 5 nitrogen and oxygen atoms in total. The Morgan fingerprint density at radius 1 is 1.08 bits per heavy atom. The van der Waals surface area contributed by atoms with Gasteiger partial charge in [0.25, 0.3) is 0 Å². The zero-order chi connectivity index (χ0) is 19.4. The molecule has 138 valence electrons.